The quantitative estimate of drug-likeness (QED) is 0.930. The topological polar surface area (TPSA) is 51.4 Å². The van der Waals surface area contributed by atoms with Gasteiger partial charge in [-0.2, -0.15) is 0 Å². The molecule has 4 nitrogen and oxygen atoms in total. The van der Waals surface area contributed by atoms with Gasteiger partial charge in [0.15, 0.2) is 0 Å². The van der Waals surface area contributed by atoms with Crippen molar-refractivity contribution >= 4 is 29.0 Å². The highest BCUT2D eigenvalue weighted by Gasteiger charge is 2.22. The van der Waals surface area contributed by atoms with E-state index in [1.54, 1.807) is 6.20 Å². The molecule has 0 radical (unpaired) electrons. The van der Waals surface area contributed by atoms with E-state index >= 15 is 0 Å². The number of nitrogen functional groups attached to an aromatic ring is 1. The number of benzene rings is 1. The molecule has 1 saturated heterocycles. The van der Waals surface area contributed by atoms with E-state index in [0.29, 0.717) is 22.5 Å². The van der Waals surface area contributed by atoms with Gasteiger partial charge in [-0.25, -0.2) is 4.98 Å². The fourth-order valence-electron chi connectivity index (χ4n) is 2.61. The molecule has 2 heterocycles. The highest BCUT2D eigenvalue weighted by molar-refractivity contribution is 6.42. The summed E-state index contributed by atoms with van der Waals surface area (Å²) in [6.45, 7) is 3.21. The molecule has 1 aliphatic heterocycles. The van der Waals surface area contributed by atoms with E-state index in [-0.39, 0.29) is 6.10 Å². The van der Waals surface area contributed by atoms with Crippen LogP contribution in [0, 0.1) is 0 Å². The summed E-state index contributed by atoms with van der Waals surface area (Å²) in [5, 5.41) is 1.12. The van der Waals surface area contributed by atoms with Gasteiger partial charge in [0.25, 0.3) is 0 Å². The second kappa shape index (κ2) is 6.84. The Labute approximate surface area is 139 Å². The predicted molar refractivity (Wildman–Crippen MR) is 89.1 cm³/mol. The van der Waals surface area contributed by atoms with Crippen LogP contribution >= 0.6 is 23.2 Å². The Balaban J connectivity index is 1.69. The lowest BCUT2D eigenvalue weighted by atomic mass is 10.1. The van der Waals surface area contributed by atoms with Crippen molar-refractivity contribution in [3.63, 3.8) is 0 Å². The summed E-state index contributed by atoms with van der Waals surface area (Å²) in [6.07, 6.45) is 1.74. The highest BCUT2D eigenvalue weighted by Crippen LogP contribution is 2.29. The fourth-order valence-corrected chi connectivity index (χ4v) is 2.92. The lowest BCUT2D eigenvalue weighted by Crippen LogP contribution is -2.37. The van der Waals surface area contributed by atoms with Crippen LogP contribution in [0.25, 0.3) is 0 Å². The van der Waals surface area contributed by atoms with E-state index in [1.165, 1.54) is 0 Å². The van der Waals surface area contributed by atoms with Crippen LogP contribution in [-0.4, -0.2) is 29.6 Å². The predicted octanol–water partition coefficient (Wildman–Crippen LogP) is 3.54. The van der Waals surface area contributed by atoms with Crippen molar-refractivity contribution in [2.75, 3.05) is 25.4 Å². The molecular formula is C16H17Cl2N3O. The summed E-state index contributed by atoms with van der Waals surface area (Å²) in [4.78, 5) is 6.36. The Hall–Kier alpha value is -1.33. The van der Waals surface area contributed by atoms with E-state index in [9.17, 15) is 0 Å². The number of aromatic nitrogens is 1. The van der Waals surface area contributed by atoms with Crippen LogP contribution in [-0.2, 0) is 11.3 Å². The van der Waals surface area contributed by atoms with Crippen LogP contribution in [0.1, 0.15) is 17.2 Å². The molecule has 22 heavy (non-hydrogen) atoms. The van der Waals surface area contributed by atoms with Crippen molar-refractivity contribution in [1.82, 2.24) is 9.88 Å². The van der Waals surface area contributed by atoms with Gasteiger partial charge in [-0.1, -0.05) is 29.3 Å². The molecule has 1 aliphatic rings. The van der Waals surface area contributed by atoms with E-state index in [0.717, 1.165) is 30.8 Å². The zero-order chi connectivity index (χ0) is 15.5. The van der Waals surface area contributed by atoms with Gasteiger partial charge in [0.05, 0.1) is 22.8 Å². The number of morpholine rings is 1. The number of pyridine rings is 1. The summed E-state index contributed by atoms with van der Waals surface area (Å²) in [6, 6.07) is 9.55. The van der Waals surface area contributed by atoms with Gasteiger partial charge in [-0.05, 0) is 35.4 Å². The summed E-state index contributed by atoms with van der Waals surface area (Å²) < 4.78 is 5.87. The molecule has 1 fully saturated rings. The summed E-state index contributed by atoms with van der Waals surface area (Å²) in [7, 11) is 0. The van der Waals surface area contributed by atoms with Crippen molar-refractivity contribution < 1.29 is 4.74 Å². The van der Waals surface area contributed by atoms with Crippen LogP contribution in [0.4, 0.5) is 5.82 Å². The zero-order valence-electron chi connectivity index (χ0n) is 12.0. The standard InChI is InChI=1S/C16H17Cl2N3O/c17-13-2-1-12(8-14(13)18)15-10-21(5-6-22-15)9-11-3-4-20-16(19)7-11/h1-4,7-8,15H,5-6,9-10H2,(H2,19,20). The van der Waals surface area contributed by atoms with Crippen molar-refractivity contribution in [3.8, 4) is 0 Å². The van der Waals surface area contributed by atoms with Crippen LogP contribution in [0.15, 0.2) is 36.5 Å². The number of nitrogens with zero attached hydrogens (tertiary/aromatic N) is 2. The first-order chi connectivity index (χ1) is 10.6. The van der Waals surface area contributed by atoms with Gasteiger partial charge < -0.3 is 10.5 Å². The van der Waals surface area contributed by atoms with E-state index in [2.05, 4.69) is 9.88 Å². The monoisotopic (exact) mass is 337 g/mol. The minimum Gasteiger partial charge on any atom is -0.384 e. The molecule has 1 atom stereocenters. The van der Waals surface area contributed by atoms with Crippen molar-refractivity contribution in [2.45, 2.75) is 12.6 Å². The Morgan fingerprint density at radius 3 is 2.86 bits per heavy atom. The molecule has 3 rings (SSSR count). The Morgan fingerprint density at radius 1 is 1.23 bits per heavy atom. The average molecular weight is 338 g/mol. The van der Waals surface area contributed by atoms with Crippen molar-refractivity contribution in [1.29, 1.82) is 0 Å². The number of nitrogens with two attached hydrogens (primary N) is 1. The molecule has 116 valence electrons. The highest BCUT2D eigenvalue weighted by atomic mass is 35.5. The van der Waals surface area contributed by atoms with Crippen molar-refractivity contribution in [2.24, 2.45) is 0 Å². The second-order valence-electron chi connectivity index (χ2n) is 5.36. The smallest absolute Gasteiger partial charge is 0.123 e. The molecule has 1 unspecified atom stereocenters. The number of ether oxygens (including phenoxy) is 1. The molecule has 2 N–H and O–H groups in total. The maximum atomic E-state index is 6.09. The average Bonchev–Trinajstić information content (AvgIpc) is 2.50. The molecule has 2 aromatic rings. The molecule has 0 spiro atoms. The fraction of sp³-hybridized carbons (Fsp3) is 0.312. The van der Waals surface area contributed by atoms with Gasteiger partial charge in [-0.3, -0.25) is 4.90 Å². The first-order valence-corrected chi connectivity index (χ1v) is 7.87. The van der Waals surface area contributed by atoms with E-state index in [4.69, 9.17) is 33.7 Å². The molecule has 0 bridgehead atoms. The molecular weight excluding hydrogens is 321 g/mol. The number of rotatable bonds is 3. The second-order valence-corrected chi connectivity index (χ2v) is 6.17. The Morgan fingerprint density at radius 2 is 2.09 bits per heavy atom. The minimum absolute atomic E-state index is 0.00250. The van der Waals surface area contributed by atoms with Gasteiger partial charge in [0.2, 0.25) is 0 Å². The minimum atomic E-state index is 0.00250. The molecule has 1 aromatic carbocycles. The Bertz CT molecular complexity index is 666. The number of halogens is 2. The summed E-state index contributed by atoms with van der Waals surface area (Å²) >= 11 is 12.1. The lowest BCUT2D eigenvalue weighted by Gasteiger charge is -2.33. The van der Waals surface area contributed by atoms with Crippen LogP contribution in [0.5, 0.6) is 0 Å². The SMILES string of the molecule is Nc1cc(CN2CCOC(c3ccc(Cl)c(Cl)c3)C2)ccn1. The Kier molecular flexibility index (Phi) is 4.84. The summed E-state index contributed by atoms with van der Waals surface area (Å²) in [5.41, 5.74) is 7.94. The third-order valence-electron chi connectivity index (χ3n) is 3.72. The van der Waals surface area contributed by atoms with Gasteiger partial charge in [-0.15, -0.1) is 0 Å². The normalized spacial score (nSPS) is 19.3. The molecule has 0 aliphatic carbocycles. The van der Waals surface area contributed by atoms with Crippen LogP contribution < -0.4 is 5.73 Å². The lowest BCUT2D eigenvalue weighted by molar-refractivity contribution is -0.0329. The maximum absolute atomic E-state index is 6.09. The van der Waals surface area contributed by atoms with E-state index in [1.807, 2.05) is 30.3 Å². The maximum Gasteiger partial charge on any atom is 0.123 e. The molecule has 1 aromatic heterocycles. The third-order valence-corrected chi connectivity index (χ3v) is 4.46. The van der Waals surface area contributed by atoms with Crippen LogP contribution in [0.2, 0.25) is 10.0 Å². The number of anilines is 1. The van der Waals surface area contributed by atoms with Crippen LogP contribution in [0.3, 0.4) is 0 Å². The molecule has 0 saturated carbocycles. The third kappa shape index (κ3) is 3.70. The largest absolute Gasteiger partial charge is 0.384 e. The van der Waals surface area contributed by atoms with Gasteiger partial charge >= 0.3 is 0 Å². The zero-order valence-corrected chi connectivity index (χ0v) is 13.5. The van der Waals surface area contributed by atoms with Gasteiger partial charge in [0.1, 0.15) is 5.82 Å². The van der Waals surface area contributed by atoms with E-state index < -0.39 is 0 Å². The summed E-state index contributed by atoms with van der Waals surface area (Å²) in [5.74, 6) is 0.548. The number of hydrogen-bond acceptors (Lipinski definition) is 4. The first kappa shape index (κ1) is 15.6. The molecule has 0 amide bonds. The first-order valence-electron chi connectivity index (χ1n) is 7.11. The molecule has 6 heteroatoms. The van der Waals surface area contributed by atoms with Crippen molar-refractivity contribution in [3.05, 3.63) is 57.7 Å². The number of hydrogen-bond donors (Lipinski definition) is 1. The van der Waals surface area contributed by atoms with Gasteiger partial charge in [0, 0.05) is 25.8 Å².